The molecule has 2 rings (SSSR count). The molecule has 0 bridgehead atoms. The number of halogens is 1. The SMILES string of the molecule is CCCNc1ncc(F)cc1C(=O)NC1CCC(O)CC1. The van der Waals surface area contributed by atoms with Gasteiger partial charge in [-0.25, -0.2) is 9.37 Å². The second-order valence-electron chi connectivity index (χ2n) is 5.46. The fraction of sp³-hybridized carbons (Fsp3) is 0.600. The topological polar surface area (TPSA) is 74.2 Å². The second-order valence-corrected chi connectivity index (χ2v) is 5.46. The van der Waals surface area contributed by atoms with Crippen molar-refractivity contribution in [1.82, 2.24) is 10.3 Å². The van der Waals surface area contributed by atoms with Gasteiger partial charge in [0.15, 0.2) is 0 Å². The summed E-state index contributed by atoms with van der Waals surface area (Å²) < 4.78 is 13.4. The van der Waals surface area contributed by atoms with Crippen molar-refractivity contribution >= 4 is 11.7 Å². The van der Waals surface area contributed by atoms with Crippen LogP contribution in [0, 0.1) is 5.82 Å². The molecule has 21 heavy (non-hydrogen) atoms. The van der Waals surface area contributed by atoms with E-state index in [2.05, 4.69) is 15.6 Å². The van der Waals surface area contributed by atoms with E-state index in [0.717, 1.165) is 25.5 Å². The molecule has 0 aromatic carbocycles. The van der Waals surface area contributed by atoms with E-state index >= 15 is 0 Å². The Hall–Kier alpha value is -1.69. The number of aromatic nitrogens is 1. The molecule has 0 unspecified atom stereocenters. The van der Waals surface area contributed by atoms with Crippen LogP contribution in [-0.2, 0) is 0 Å². The molecule has 1 heterocycles. The van der Waals surface area contributed by atoms with Crippen LogP contribution < -0.4 is 10.6 Å². The van der Waals surface area contributed by atoms with Crippen LogP contribution >= 0.6 is 0 Å². The Balaban J connectivity index is 2.05. The summed E-state index contributed by atoms with van der Waals surface area (Å²) in [5.41, 5.74) is 0.231. The van der Waals surface area contributed by atoms with E-state index in [1.165, 1.54) is 6.07 Å². The van der Waals surface area contributed by atoms with E-state index in [1.807, 2.05) is 6.92 Å². The molecule has 116 valence electrons. The van der Waals surface area contributed by atoms with Crippen molar-refractivity contribution in [3.05, 3.63) is 23.6 Å². The molecule has 1 saturated carbocycles. The highest BCUT2D eigenvalue weighted by Gasteiger charge is 2.22. The van der Waals surface area contributed by atoms with Gasteiger partial charge in [-0.05, 0) is 38.2 Å². The molecule has 1 aromatic heterocycles. The monoisotopic (exact) mass is 295 g/mol. The summed E-state index contributed by atoms with van der Waals surface area (Å²) in [7, 11) is 0. The molecule has 1 aromatic rings. The number of aliphatic hydroxyl groups excluding tert-OH is 1. The molecule has 1 aliphatic carbocycles. The van der Waals surface area contributed by atoms with Gasteiger partial charge in [0.1, 0.15) is 11.6 Å². The third kappa shape index (κ3) is 4.39. The summed E-state index contributed by atoms with van der Waals surface area (Å²) in [5, 5.41) is 15.4. The van der Waals surface area contributed by atoms with E-state index < -0.39 is 5.82 Å². The second kappa shape index (κ2) is 7.36. The lowest BCUT2D eigenvalue weighted by Crippen LogP contribution is -2.39. The van der Waals surface area contributed by atoms with Crippen molar-refractivity contribution in [1.29, 1.82) is 0 Å². The largest absolute Gasteiger partial charge is 0.393 e. The number of anilines is 1. The van der Waals surface area contributed by atoms with Gasteiger partial charge in [-0.3, -0.25) is 4.79 Å². The highest BCUT2D eigenvalue weighted by molar-refractivity contribution is 5.98. The number of aliphatic hydroxyl groups is 1. The zero-order valence-electron chi connectivity index (χ0n) is 12.2. The maximum Gasteiger partial charge on any atom is 0.255 e. The molecule has 0 spiro atoms. The van der Waals surface area contributed by atoms with Crippen molar-refractivity contribution < 1.29 is 14.3 Å². The molecule has 1 aliphatic rings. The lowest BCUT2D eigenvalue weighted by molar-refractivity contribution is 0.0867. The zero-order chi connectivity index (χ0) is 15.2. The summed E-state index contributed by atoms with van der Waals surface area (Å²) in [5.74, 6) is -0.435. The van der Waals surface area contributed by atoms with Crippen LogP contribution in [0.25, 0.3) is 0 Å². The van der Waals surface area contributed by atoms with E-state index in [9.17, 15) is 14.3 Å². The van der Waals surface area contributed by atoms with E-state index in [0.29, 0.717) is 25.2 Å². The number of rotatable bonds is 5. The van der Waals surface area contributed by atoms with Crippen LogP contribution in [0.5, 0.6) is 0 Å². The highest BCUT2D eigenvalue weighted by Crippen LogP contribution is 2.20. The highest BCUT2D eigenvalue weighted by atomic mass is 19.1. The average Bonchev–Trinajstić information content (AvgIpc) is 2.48. The lowest BCUT2D eigenvalue weighted by Gasteiger charge is -2.26. The Bertz CT molecular complexity index is 488. The normalized spacial score (nSPS) is 21.9. The van der Waals surface area contributed by atoms with Crippen LogP contribution in [0.3, 0.4) is 0 Å². The van der Waals surface area contributed by atoms with Crippen molar-refractivity contribution in [3.63, 3.8) is 0 Å². The number of pyridine rings is 1. The van der Waals surface area contributed by atoms with Crippen molar-refractivity contribution in [2.75, 3.05) is 11.9 Å². The van der Waals surface area contributed by atoms with Crippen molar-refractivity contribution in [3.8, 4) is 0 Å². The molecule has 0 aliphatic heterocycles. The molecule has 1 fully saturated rings. The fourth-order valence-corrected chi connectivity index (χ4v) is 2.48. The summed E-state index contributed by atoms with van der Waals surface area (Å²) in [6, 6.07) is 1.24. The number of nitrogens with one attached hydrogen (secondary N) is 2. The van der Waals surface area contributed by atoms with E-state index in [1.54, 1.807) is 0 Å². The van der Waals surface area contributed by atoms with Crippen molar-refractivity contribution in [2.45, 2.75) is 51.2 Å². The van der Waals surface area contributed by atoms with Crippen LogP contribution in [0.15, 0.2) is 12.3 Å². The summed E-state index contributed by atoms with van der Waals surface area (Å²) in [6.45, 7) is 2.68. The first-order valence-corrected chi connectivity index (χ1v) is 7.48. The molecule has 0 radical (unpaired) electrons. The first-order valence-electron chi connectivity index (χ1n) is 7.48. The number of nitrogens with zero attached hydrogens (tertiary/aromatic N) is 1. The Morgan fingerprint density at radius 1 is 1.43 bits per heavy atom. The first-order chi connectivity index (χ1) is 10.1. The standard InChI is InChI=1S/C15H22FN3O2/c1-2-7-17-14-13(8-10(16)9-18-14)15(21)19-11-3-5-12(20)6-4-11/h8-9,11-12,20H,2-7H2,1H3,(H,17,18)(H,19,21). The summed E-state index contributed by atoms with van der Waals surface area (Å²) in [6.07, 6.45) is 4.59. The molecule has 3 N–H and O–H groups in total. The predicted molar refractivity (Wildman–Crippen MR) is 78.7 cm³/mol. The van der Waals surface area contributed by atoms with Gasteiger partial charge >= 0.3 is 0 Å². The molecular formula is C15H22FN3O2. The van der Waals surface area contributed by atoms with Gasteiger partial charge in [-0.15, -0.1) is 0 Å². The third-order valence-corrected chi connectivity index (χ3v) is 3.67. The Morgan fingerprint density at radius 2 is 2.14 bits per heavy atom. The first kappa shape index (κ1) is 15.7. The predicted octanol–water partition coefficient (Wildman–Crippen LogP) is 2.08. The van der Waals surface area contributed by atoms with Gasteiger partial charge in [-0.2, -0.15) is 0 Å². The van der Waals surface area contributed by atoms with E-state index in [-0.39, 0.29) is 23.6 Å². The van der Waals surface area contributed by atoms with Crippen LogP contribution in [0.1, 0.15) is 49.4 Å². The van der Waals surface area contributed by atoms with Gasteiger partial charge < -0.3 is 15.7 Å². The zero-order valence-corrected chi connectivity index (χ0v) is 12.2. The number of hydrogen-bond donors (Lipinski definition) is 3. The minimum atomic E-state index is -0.527. The Kier molecular flexibility index (Phi) is 5.50. The maximum atomic E-state index is 13.4. The minimum Gasteiger partial charge on any atom is -0.393 e. The number of carbonyl (C=O) groups is 1. The van der Waals surface area contributed by atoms with Crippen LogP contribution in [0.4, 0.5) is 10.2 Å². The van der Waals surface area contributed by atoms with Crippen molar-refractivity contribution in [2.24, 2.45) is 0 Å². The number of amides is 1. The molecule has 6 heteroatoms. The average molecular weight is 295 g/mol. The fourth-order valence-electron chi connectivity index (χ4n) is 2.48. The Labute approximate surface area is 124 Å². The molecular weight excluding hydrogens is 273 g/mol. The van der Waals surface area contributed by atoms with Gasteiger partial charge in [0, 0.05) is 12.6 Å². The third-order valence-electron chi connectivity index (χ3n) is 3.67. The van der Waals surface area contributed by atoms with Gasteiger partial charge in [0.25, 0.3) is 5.91 Å². The van der Waals surface area contributed by atoms with E-state index in [4.69, 9.17) is 0 Å². The molecule has 0 saturated heterocycles. The molecule has 5 nitrogen and oxygen atoms in total. The lowest BCUT2D eigenvalue weighted by atomic mass is 9.93. The summed E-state index contributed by atoms with van der Waals surface area (Å²) >= 11 is 0. The number of hydrogen-bond acceptors (Lipinski definition) is 4. The quantitative estimate of drug-likeness (QED) is 0.777. The summed E-state index contributed by atoms with van der Waals surface area (Å²) in [4.78, 5) is 16.3. The molecule has 1 amide bonds. The number of carbonyl (C=O) groups excluding carboxylic acids is 1. The van der Waals surface area contributed by atoms with Gasteiger partial charge in [-0.1, -0.05) is 6.92 Å². The maximum absolute atomic E-state index is 13.4. The van der Waals surface area contributed by atoms with Gasteiger partial charge in [0.2, 0.25) is 0 Å². The van der Waals surface area contributed by atoms with Gasteiger partial charge in [0.05, 0.1) is 17.9 Å². The Morgan fingerprint density at radius 3 is 2.81 bits per heavy atom. The van der Waals surface area contributed by atoms with Crippen LogP contribution in [-0.4, -0.2) is 34.7 Å². The smallest absolute Gasteiger partial charge is 0.255 e. The van der Waals surface area contributed by atoms with Crippen LogP contribution in [0.2, 0.25) is 0 Å². The molecule has 0 atom stereocenters. The minimum absolute atomic E-state index is 0.0307.